The van der Waals surface area contributed by atoms with Crippen LogP contribution in [0.15, 0.2) is 6.07 Å². The van der Waals surface area contributed by atoms with Crippen molar-refractivity contribution in [3.63, 3.8) is 0 Å². The van der Waals surface area contributed by atoms with Crippen LogP contribution >= 0.6 is 11.6 Å². The van der Waals surface area contributed by atoms with Crippen LogP contribution in [0.2, 0.25) is 5.15 Å². The molecule has 1 fully saturated rings. The summed E-state index contributed by atoms with van der Waals surface area (Å²) in [5.74, 6) is 1.56. The number of nitrogens with zero attached hydrogens (tertiary/aromatic N) is 2. The molecule has 88 valence electrons. The van der Waals surface area contributed by atoms with Crippen molar-refractivity contribution in [2.75, 3.05) is 11.9 Å². The lowest BCUT2D eigenvalue weighted by Gasteiger charge is -2.16. The van der Waals surface area contributed by atoms with Crippen LogP contribution in [-0.2, 0) is 11.2 Å². The van der Waals surface area contributed by atoms with Crippen LogP contribution in [0.1, 0.15) is 26.1 Å². The maximum absolute atomic E-state index is 5.93. The van der Waals surface area contributed by atoms with Gasteiger partial charge in [-0.3, -0.25) is 0 Å². The Hall–Kier alpha value is -0.870. The van der Waals surface area contributed by atoms with Gasteiger partial charge >= 0.3 is 0 Å². The van der Waals surface area contributed by atoms with Crippen LogP contribution in [0, 0.1) is 0 Å². The van der Waals surface area contributed by atoms with Gasteiger partial charge in [0.25, 0.3) is 0 Å². The monoisotopic (exact) mass is 241 g/mol. The fourth-order valence-corrected chi connectivity index (χ4v) is 2.01. The molecule has 0 aliphatic carbocycles. The summed E-state index contributed by atoms with van der Waals surface area (Å²) in [7, 11) is 0. The molecule has 2 unspecified atom stereocenters. The Morgan fingerprint density at radius 3 is 3.00 bits per heavy atom. The van der Waals surface area contributed by atoms with Gasteiger partial charge in [-0.25, -0.2) is 9.97 Å². The van der Waals surface area contributed by atoms with Crippen LogP contribution in [0.3, 0.4) is 0 Å². The van der Waals surface area contributed by atoms with Crippen molar-refractivity contribution in [1.82, 2.24) is 9.97 Å². The number of rotatable bonds is 3. The van der Waals surface area contributed by atoms with Crippen molar-refractivity contribution < 1.29 is 4.74 Å². The average molecular weight is 242 g/mol. The minimum Gasteiger partial charge on any atom is -0.376 e. The minimum atomic E-state index is 0.221. The molecule has 2 heterocycles. The molecule has 4 nitrogen and oxygen atoms in total. The highest BCUT2D eigenvalue weighted by Crippen LogP contribution is 2.19. The molecule has 16 heavy (non-hydrogen) atoms. The van der Waals surface area contributed by atoms with E-state index in [1.165, 1.54) is 0 Å². The highest BCUT2D eigenvalue weighted by molar-refractivity contribution is 6.29. The Balaban J connectivity index is 2.11. The van der Waals surface area contributed by atoms with Crippen molar-refractivity contribution in [2.45, 2.75) is 38.8 Å². The largest absolute Gasteiger partial charge is 0.376 e. The van der Waals surface area contributed by atoms with E-state index in [0.29, 0.717) is 11.2 Å². The Kier molecular flexibility index (Phi) is 3.61. The Bertz CT molecular complexity index is 372. The fraction of sp³-hybridized carbons (Fsp3) is 0.636. The summed E-state index contributed by atoms with van der Waals surface area (Å²) in [6, 6.07) is 2.07. The predicted octanol–water partition coefficient (Wildman–Crippen LogP) is 2.28. The quantitative estimate of drug-likeness (QED) is 0.825. The topological polar surface area (TPSA) is 47.0 Å². The molecule has 1 saturated heterocycles. The molecule has 5 heteroatoms. The summed E-state index contributed by atoms with van der Waals surface area (Å²) in [5, 5.41) is 3.83. The predicted molar refractivity (Wildman–Crippen MR) is 63.9 cm³/mol. The summed E-state index contributed by atoms with van der Waals surface area (Å²) in [5.41, 5.74) is 0. The minimum absolute atomic E-state index is 0.221. The highest BCUT2D eigenvalue weighted by atomic mass is 35.5. The first-order valence-corrected chi connectivity index (χ1v) is 5.98. The van der Waals surface area contributed by atoms with Gasteiger partial charge in [0, 0.05) is 19.1 Å². The van der Waals surface area contributed by atoms with Gasteiger partial charge in [-0.2, -0.15) is 0 Å². The zero-order valence-electron chi connectivity index (χ0n) is 9.53. The third kappa shape index (κ3) is 2.62. The van der Waals surface area contributed by atoms with Crippen molar-refractivity contribution in [3.05, 3.63) is 17.0 Å². The van der Waals surface area contributed by atoms with E-state index in [4.69, 9.17) is 16.3 Å². The summed E-state index contributed by atoms with van der Waals surface area (Å²) in [6.45, 7) is 4.88. The van der Waals surface area contributed by atoms with Gasteiger partial charge in [0.15, 0.2) is 0 Å². The zero-order chi connectivity index (χ0) is 11.5. The van der Waals surface area contributed by atoms with Gasteiger partial charge in [-0.15, -0.1) is 0 Å². The molecule has 0 amide bonds. The maximum Gasteiger partial charge on any atom is 0.134 e. The number of aromatic nitrogens is 2. The fourth-order valence-electron chi connectivity index (χ4n) is 1.81. The summed E-state index contributed by atoms with van der Waals surface area (Å²) in [4.78, 5) is 8.52. The van der Waals surface area contributed by atoms with Crippen molar-refractivity contribution in [2.24, 2.45) is 0 Å². The standard InChI is InChI=1S/C11H16ClN3O/c1-3-10-14-9(12)6-11(15-10)13-8-4-5-16-7(8)2/h6-8H,3-5H2,1-2H3,(H,13,14,15). The molecular weight excluding hydrogens is 226 g/mol. The first kappa shape index (κ1) is 11.6. The van der Waals surface area contributed by atoms with Crippen LogP contribution in [0.25, 0.3) is 0 Å². The number of aryl methyl sites for hydroxylation is 1. The lowest BCUT2D eigenvalue weighted by molar-refractivity contribution is 0.121. The lowest BCUT2D eigenvalue weighted by atomic mass is 10.1. The molecule has 0 bridgehead atoms. The number of hydrogen-bond donors (Lipinski definition) is 1. The van der Waals surface area contributed by atoms with Crippen LogP contribution in [-0.4, -0.2) is 28.7 Å². The molecule has 1 aliphatic heterocycles. The van der Waals surface area contributed by atoms with E-state index >= 15 is 0 Å². The molecule has 0 radical (unpaired) electrons. The molecule has 2 atom stereocenters. The number of anilines is 1. The SMILES string of the molecule is CCc1nc(Cl)cc(NC2CCOC2C)n1. The molecule has 1 aromatic rings. The third-order valence-corrected chi connectivity index (χ3v) is 2.96. The van der Waals surface area contributed by atoms with E-state index in [9.17, 15) is 0 Å². The van der Waals surface area contributed by atoms with Gasteiger partial charge in [0.1, 0.15) is 16.8 Å². The zero-order valence-corrected chi connectivity index (χ0v) is 10.3. The van der Waals surface area contributed by atoms with Gasteiger partial charge < -0.3 is 10.1 Å². The molecule has 0 aromatic carbocycles. The summed E-state index contributed by atoms with van der Waals surface area (Å²) in [6.07, 6.45) is 2.01. The highest BCUT2D eigenvalue weighted by Gasteiger charge is 2.24. The Labute approximate surface area is 100 Å². The number of ether oxygens (including phenoxy) is 1. The Morgan fingerprint density at radius 2 is 2.38 bits per heavy atom. The normalized spacial score (nSPS) is 24.7. The second-order valence-electron chi connectivity index (χ2n) is 3.96. The lowest BCUT2D eigenvalue weighted by Crippen LogP contribution is -2.27. The second kappa shape index (κ2) is 4.97. The van der Waals surface area contributed by atoms with E-state index < -0.39 is 0 Å². The first-order valence-electron chi connectivity index (χ1n) is 5.60. The second-order valence-corrected chi connectivity index (χ2v) is 4.35. The smallest absolute Gasteiger partial charge is 0.134 e. The van der Waals surface area contributed by atoms with Gasteiger partial charge in [0.2, 0.25) is 0 Å². The molecule has 1 aromatic heterocycles. The summed E-state index contributed by atoms with van der Waals surface area (Å²) >= 11 is 5.93. The molecular formula is C11H16ClN3O. The van der Waals surface area contributed by atoms with Gasteiger partial charge in [0.05, 0.1) is 12.1 Å². The number of hydrogen-bond acceptors (Lipinski definition) is 4. The molecule has 1 aliphatic rings. The molecule has 0 saturated carbocycles. The van der Waals surface area contributed by atoms with Crippen LogP contribution < -0.4 is 5.32 Å². The molecule has 0 spiro atoms. The van der Waals surface area contributed by atoms with Gasteiger partial charge in [-0.05, 0) is 13.3 Å². The number of nitrogens with one attached hydrogen (secondary N) is 1. The molecule has 2 rings (SSSR count). The average Bonchev–Trinajstić information content (AvgIpc) is 2.63. The van der Waals surface area contributed by atoms with Crippen molar-refractivity contribution in [3.8, 4) is 0 Å². The van der Waals surface area contributed by atoms with Crippen LogP contribution in [0.4, 0.5) is 5.82 Å². The number of halogens is 1. The first-order chi connectivity index (χ1) is 7.69. The van der Waals surface area contributed by atoms with E-state index in [1.54, 1.807) is 6.07 Å². The van der Waals surface area contributed by atoms with Crippen LogP contribution in [0.5, 0.6) is 0 Å². The van der Waals surface area contributed by atoms with E-state index in [1.807, 2.05) is 6.92 Å². The third-order valence-electron chi connectivity index (χ3n) is 2.77. The van der Waals surface area contributed by atoms with E-state index in [-0.39, 0.29) is 6.10 Å². The van der Waals surface area contributed by atoms with Crippen molar-refractivity contribution in [1.29, 1.82) is 0 Å². The molecule has 1 N–H and O–H groups in total. The Morgan fingerprint density at radius 1 is 1.56 bits per heavy atom. The van der Waals surface area contributed by atoms with Crippen molar-refractivity contribution >= 4 is 17.4 Å². The van der Waals surface area contributed by atoms with E-state index in [0.717, 1.165) is 31.1 Å². The maximum atomic E-state index is 5.93. The van der Waals surface area contributed by atoms with E-state index in [2.05, 4.69) is 22.2 Å². The van der Waals surface area contributed by atoms with Gasteiger partial charge in [-0.1, -0.05) is 18.5 Å². The summed E-state index contributed by atoms with van der Waals surface area (Å²) < 4.78 is 5.49.